The summed E-state index contributed by atoms with van der Waals surface area (Å²) in [7, 11) is 3.24. The van der Waals surface area contributed by atoms with Crippen molar-refractivity contribution in [3.63, 3.8) is 0 Å². The zero-order valence-electron chi connectivity index (χ0n) is 25.7. The number of carbonyl (C=O) groups excluding carboxylic acids is 2. The van der Waals surface area contributed by atoms with E-state index in [2.05, 4.69) is 0 Å². The van der Waals surface area contributed by atoms with Gasteiger partial charge in [-0.3, -0.25) is 18.8 Å². The topological polar surface area (TPSA) is 123 Å². The number of aryl methyl sites for hydroxylation is 2. The summed E-state index contributed by atoms with van der Waals surface area (Å²) in [5.74, 6) is 0.484. The lowest BCUT2D eigenvalue weighted by Crippen LogP contribution is -2.40. The molecule has 230 valence electrons. The maximum absolute atomic E-state index is 14.0. The van der Waals surface area contributed by atoms with Gasteiger partial charge in [0.25, 0.3) is 5.56 Å². The molecule has 0 spiro atoms. The minimum Gasteiger partial charge on any atom is -0.444 e. The maximum Gasteiger partial charge on any atom is 0.419 e. The van der Waals surface area contributed by atoms with Crippen LogP contribution in [-0.4, -0.2) is 58.1 Å². The number of nitrogens with zero attached hydrogens (tertiary/aromatic N) is 6. The molecule has 13 heteroatoms. The number of hydrogen-bond acceptors (Lipinski definition) is 7. The van der Waals surface area contributed by atoms with Crippen LogP contribution in [0.3, 0.4) is 0 Å². The second-order valence-electron chi connectivity index (χ2n) is 12.9. The molecule has 3 aromatic heterocycles. The van der Waals surface area contributed by atoms with Crippen LogP contribution in [0, 0.1) is 0 Å². The molecule has 0 saturated carbocycles. The van der Waals surface area contributed by atoms with Gasteiger partial charge in [-0.15, -0.1) is 0 Å². The number of benzene rings is 1. The Hall–Kier alpha value is -4.06. The van der Waals surface area contributed by atoms with Crippen molar-refractivity contribution in [1.29, 1.82) is 0 Å². The van der Waals surface area contributed by atoms with Crippen molar-refractivity contribution >= 4 is 45.9 Å². The van der Waals surface area contributed by atoms with E-state index >= 15 is 0 Å². The van der Waals surface area contributed by atoms with Crippen LogP contribution in [0.5, 0.6) is 0 Å². The quantitative estimate of drug-likeness (QED) is 0.321. The molecule has 1 aliphatic rings. The molecular weight excluding hydrogens is 576 g/mol. The molecule has 4 aromatic rings. The lowest BCUT2D eigenvalue weighted by atomic mass is 10.2. The first-order valence-corrected chi connectivity index (χ1v) is 14.5. The van der Waals surface area contributed by atoms with Crippen LogP contribution in [-0.2, 0) is 30.1 Å². The van der Waals surface area contributed by atoms with Gasteiger partial charge in [0.1, 0.15) is 17.0 Å². The maximum atomic E-state index is 14.0. The molecule has 0 radical (unpaired) electrons. The van der Waals surface area contributed by atoms with Crippen LogP contribution in [0.2, 0.25) is 5.02 Å². The molecule has 0 bridgehead atoms. The highest BCUT2D eigenvalue weighted by Crippen LogP contribution is 2.34. The normalized spacial score (nSPS) is 15.9. The van der Waals surface area contributed by atoms with E-state index in [4.69, 9.17) is 26.1 Å². The molecule has 0 N–H and O–H groups in total. The average molecular weight is 613 g/mol. The SMILES string of the molecule is Cn1c(C2CCCN2C(=O)OC(C)(C)C)nc2c1c(=O)n(Cc1cc3c(Cl)cccc3n1C(=O)OC(C)(C)C)c(=O)n2C. The summed E-state index contributed by atoms with van der Waals surface area (Å²) in [6, 6.07) is 6.40. The van der Waals surface area contributed by atoms with Gasteiger partial charge in [0.2, 0.25) is 0 Å². The third kappa shape index (κ3) is 5.55. The van der Waals surface area contributed by atoms with Gasteiger partial charge in [0, 0.05) is 31.0 Å². The monoisotopic (exact) mass is 612 g/mol. The number of halogens is 1. The van der Waals surface area contributed by atoms with E-state index in [-0.39, 0.29) is 17.7 Å². The summed E-state index contributed by atoms with van der Waals surface area (Å²) in [4.78, 5) is 60.2. The van der Waals surface area contributed by atoms with Crippen molar-refractivity contribution < 1.29 is 19.1 Å². The molecule has 1 aliphatic heterocycles. The Morgan fingerprint density at radius 3 is 2.30 bits per heavy atom. The summed E-state index contributed by atoms with van der Waals surface area (Å²) >= 11 is 6.46. The molecule has 1 atom stereocenters. The number of ether oxygens (including phenoxy) is 2. The van der Waals surface area contributed by atoms with Gasteiger partial charge in [-0.25, -0.2) is 23.9 Å². The average Bonchev–Trinajstić information content (AvgIpc) is 3.59. The van der Waals surface area contributed by atoms with Gasteiger partial charge in [-0.1, -0.05) is 17.7 Å². The molecule has 4 heterocycles. The highest BCUT2D eigenvalue weighted by molar-refractivity contribution is 6.35. The Morgan fingerprint density at radius 2 is 1.65 bits per heavy atom. The largest absolute Gasteiger partial charge is 0.444 e. The number of amides is 1. The van der Waals surface area contributed by atoms with Crippen LogP contribution in [0.1, 0.15) is 71.9 Å². The van der Waals surface area contributed by atoms with Crippen molar-refractivity contribution in [2.45, 2.75) is 78.2 Å². The number of carbonyl (C=O) groups is 2. The van der Waals surface area contributed by atoms with Gasteiger partial charge in [-0.05, 0) is 72.6 Å². The van der Waals surface area contributed by atoms with E-state index in [0.29, 0.717) is 40.4 Å². The molecule has 1 saturated heterocycles. The third-order valence-corrected chi connectivity index (χ3v) is 7.67. The summed E-state index contributed by atoms with van der Waals surface area (Å²) in [6.45, 7) is 10.9. The standard InChI is InChI=1S/C30H37ClN6O6/c1-29(2,3)42-27(40)35-14-10-13-21(35)23-32-24-22(33(23)7)25(38)36(26(39)34(24)8)16-17-15-18-19(31)11-9-12-20(18)37(17)28(41)43-30(4,5)6/h9,11-12,15,21H,10,13-14,16H2,1-8H3. The van der Waals surface area contributed by atoms with Crippen molar-refractivity contribution in [1.82, 2.24) is 28.2 Å². The smallest absolute Gasteiger partial charge is 0.419 e. The molecule has 5 rings (SSSR count). The second-order valence-corrected chi connectivity index (χ2v) is 13.3. The molecule has 1 aromatic carbocycles. The minimum atomic E-state index is -0.784. The molecule has 43 heavy (non-hydrogen) atoms. The number of imidazole rings is 1. The van der Waals surface area contributed by atoms with Gasteiger partial charge in [-0.2, -0.15) is 0 Å². The summed E-state index contributed by atoms with van der Waals surface area (Å²) in [6.07, 6.45) is 0.266. The predicted octanol–water partition coefficient (Wildman–Crippen LogP) is 4.95. The van der Waals surface area contributed by atoms with E-state index in [9.17, 15) is 19.2 Å². The Bertz CT molecular complexity index is 1880. The number of fused-ring (bicyclic) bond motifs is 2. The Kier molecular flexibility index (Phi) is 7.48. The molecule has 1 fully saturated rings. The molecule has 12 nitrogen and oxygen atoms in total. The van der Waals surface area contributed by atoms with Crippen molar-refractivity contribution in [2.24, 2.45) is 14.1 Å². The molecule has 0 aliphatic carbocycles. The minimum absolute atomic E-state index is 0.200. The zero-order valence-corrected chi connectivity index (χ0v) is 26.5. The first kappa shape index (κ1) is 30.4. The molecular formula is C30H37ClN6O6. The van der Waals surface area contributed by atoms with Crippen molar-refractivity contribution in [2.75, 3.05) is 6.54 Å². The fraction of sp³-hybridized carbons (Fsp3) is 0.500. The fourth-order valence-corrected chi connectivity index (χ4v) is 5.75. The van der Waals surface area contributed by atoms with Crippen LogP contribution in [0.25, 0.3) is 22.1 Å². The molecule has 1 unspecified atom stereocenters. The van der Waals surface area contributed by atoms with E-state index in [1.165, 1.54) is 16.2 Å². The number of likely N-dealkylation sites (tertiary alicyclic amines) is 1. The number of hydrogen-bond donors (Lipinski definition) is 0. The van der Waals surface area contributed by atoms with Crippen molar-refractivity contribution in [3.8, 4) is 0 Å². The van der Waals surface area contributed by atoms with E-state index in [1.54, 1.807) is 82.3 Å². The number of aromatic nitrogens is 5. The highest BCUT2D eigenvalue weighted by atomic mass is 35.5. The van der Waals surface area contributed by atoms with Crippen LogP contribution < -0.4 is 11.2 Å². The zero-order chi connectivity index (χ0) is 31.6. The second kappa shape index (κ2) is 10.6. The van der Waals surface area contributed by atoms with Gasteiger partial charge >= 0.3 is 17.9 Å². The van der Waals surface area contributed by atoms with Crippen LogP contribution >= 0.6 is 11.6 Å². The summed E-state index contributed by atoms with van der Waals surface area (Å²) in [5.41, 5.74) is -1.38. The fourth-order valence-electron chi connectivity index (χ4n) is 5.52. The highest BCUT2D eigenvalue weighted by Gasteiger charge is 2.37. The van der Waals surface area contributed by atoms with Gasteiger partial charge in [0.05, 0.1) is 23.8 Å². The van der Waals surface area contributed by atoms with Crippen LogP contribution in [0.15, 0.2) is 33.9 Å². The first-order chi connectivity index (χ1) is 20.0. The number of rotatable bonds is 3. The Balaban J connectivity index is 1.63. The van der Waals surface area contributed by atoms with Gasteiger partial charge < -0.3 is 14.0 Å². The lowest BCUT2D eigenvalue weighted by Gasteiger charge is -2.28. The lowest BCUT2D eigenvalue weighted by molar-refractivity contribution is 0.0216. The van der Waals surface area contributed by atoms with E-state index in [1.807, 2.05) is 0 Å². The van der Waals surface area contributed by atoms with Crippen molar-refractivity contribution in [3.05, 3.63) is 61.6 Å². The molecule has 1 amide bonds. The Labute approximate surface area is 253 Å². The summed E-state index contributed by atoms with van der Waals surface area (Å²) < 4.78 is 16.6. The van der Waals surface area contributed by atoms with E-state index in [0.717, 1.165) is 11.0 Å². The van der Waals surface area contributed by atoms with E-state index < -0.39 is 40.7 Å². The van der Waals surface area contributed by atoms with Gasteiger partial charge in [0.15, 0.2) is 11.2 Å². The summed E-state index contributed by atoms with van der Waals surface area (Å²) in [5, 5.41) is 1.00. The predicted molar refractivity (Wildman–Crippen MR) is 163 cm³/mol. The third-order valence-electron chi connectivity index (χ3n) is 7.34. The Morgan fingerprint density at radius 1 is 1.00 bits per heavy atom. The first-order valence-electron chi connectivity index (χ1n) is 14.2. The van der Waals surface area contributed by atoms with Crippen LogP contribution in [0.4, 0.5) is 9.59 Å².